The zero-order chi connectivity index (χ0) is 39.3. The maximum absolute atomic E-state index is 12.4. The molecule has 0 spiro atoms. The van der Waals surface area contributed by atoms with E-state index < -0.39 is 38.6 Å². The Labute approximate surface area is 322 Å². The quantitative estimate of drug-likeness (QED) is 0.0187. The molecule has 0 heterocycles. The highest BCUT2D eigenvalue weighted by atomic mass is 31.2. The van der Waals surface area contributed by atoms with Crippen LogP contribution in [0.25, 0.3) is 0 Å². The van der Waals surface area contributed by atoms with E-state index in [1.165, 1.54) is 70.6 Å². The Morgan fingerprint density at radius 2 is 1.17 bits per heavy atom. The molecule has 0 aromatic rings. The molecule has 3 N–H and O–H groups in total. The lowest BCUT2D eigenvalue weighted by Gasteiger charge is -2.18. The van der Waals surface area contributed by atoms with Gasteiger partial charge in [0.1, 0.15) is 6.61 Å². The molecular formula is C43H75O9P. The van der Waals surface area contributed by atoms with E-state index in [0.717, 1.165) is 44.4 Å². The monoisotopic (exact) mass is 767 g/mol. The largest absolute Gasteiger partial charge is 0.469 e. The van der Waals surface area contributed by atoms with E-state index in [1.807, 2.05) is 55.5 Å². The highest BCUT2D eigenvalue weighted by molar-refractivity contribution is 7.46. The first-order valence-corrected chi connectivity index (χ1v) is 22.1. The van der Waals surface area contributed by atoms with Crippen molar-refractivity contribution in [3.8, 4) is 0 Å². The molecule has 0 fully saturated rings. The fourth-order valence-electron chi connectivity index (χ4n) is 5.50. The average Bonchev–Trinajstić information content (AvgIpc) is 3.11. The number of aliphatic hydroxyl groups is 1. The van der Waals surface area contributed by atoms with Crippen LogP contribution in [0, 0.1) is 5.92 Å². The predicted molar refractivity (Wildman–Crippen MR) is 217 cm³/mol. The Morgan fingerprint density at radius 3 is 1.75 bits per heavy atom. The highest BCUT2D eigenvalue weighted by Crippen LogP contribution is 2.36. The third kappa shape index (κ3) is 40.7. The summed E-state index contributed by atoms with van der Waals surface area (Å²) >= 11 is 0. The van der Waals surface area contributed by atoms with Crippen LogP contribution in [0.3, 0.4) is 0 Å². The number of carbonyl (C=O) groups is 2. The molecule has 2 atom stereocenters. The molecule has 0 aromatic heterocycles. The van der Waals surface area contributed by atoms with Crippen molar-refractivity contribution in [3.63, 3.8) is 0 Å². The third-order valence-corrected chi connectivity index (χ3v) is 9.04. The minimum Gasteiger partial charge on any atom is -0.462 e. The van der Waals surface area contributed by atoms with Gasteiger partial charge in [0.2, 0.25) is 0 Å². The van der Waals surface area contributed by atoms with Crippen molar-refractivity contribution in [1.29, 1.82) is 0 Å². The van der Waals surface area contributed by atoms with Crippen molar-refractivity contribution in [2.75, 3.05) is 13.2 Å². The summed E-state index contributed by atoms with van der Waals surface area (Å²) in [6, 6.07) is 0. The number of hydrogen-bond donors (Lipinski definition) is 3. The minimum absolute atomic E-state index is 0.115. The van der Waals surface area contributed by atoms with Gasteiger partial charge in [0, 0.05) is 12.8 Å². The predicted octanol–water partition coefficient (Wildman–Crippen LogP) is 11.3. The van der Waals surface area contributed by atoms with Crippen LogP contribution >= 0.6 is 7.82 Å². The molecule has 0 rings (SSSR count). The molecule has 0 amide bonds. The van der Waals surface area contributed by atoms with Crippen LogP contribution in [0.4, 0.5) is 0 Å². The van der Waals surface area contributed by atoms with E-state index in [0.29, 0.717) is 25.7 Å². The summed E-state index contributed by atoms with van der Waals surface area (Å²) in [5.74, 6) is -0.152. The number of rotatable bonds is 36. The first-order chi connectivity index (χ1) is 25.5. The van der Waals surface area contributed by atoms with Crippen LogP contribution in [0.15, 0.2) is 60.8 Å². The van der Waals surface area contributed by atoms with Gasteiger partial charge in [0.05, 0.1) is 12.7 Å². The molecule has 306 valence electrons. The van der Waals surface area contributed by atoms with Crippen molar-refractivity contribution in [2.24, 2.45) is 5.92 Å². The lowest BCUT2D eigenvalue weighted by Crippen LogP contribution is -2.29. The third-order valence-electron chi connectivity index (χ3n) is 8.55. The Balaban J connectivity index is 4.05. The molecule has 0 aromatic carbocycles. The second-order valence-corrected chi connectivity index (χ2v) is 15.5. The molecule has 0 aliphatic heterocycles. The topological polar surface area (TPSA) is 140 Å². The normalized spacial score (nSPS) is 13.8. The van der Waals surface area contributed by atoms with Crippen LogP contribution in [0.2, 0.25) is 0 Å². The summed E-state index contributed by atoms with van der Waals surface area (Å²) in [6.07, 6.45) is 41.5. The molecule has 0 saturated heterocycles. The number of phosphoric ester groups is 1. The second kappa shape index (κ2) is 36.7. The molecule has 0 saturated carbocycles. The fraction of sp³-hybridized carbons (Fsp3) is 0.721. The average molecular weight is 767 g/mol. The van der Waals surface area contributed by atoms with E-state index in [2.05, 4.69) is 30.5 Å². The van der Waals surface area contributed by atoms with Gasteiger partial charge in [-0.15, -0.1) is 0 Å². The van der Waals surface area contributed by atoms with Crippen molar-refractivity contribution < 1.29 is 43.0 Å². The lowest BCUT2D eigenvalue weighted by molar-refractivity contribution is -0.161. The maximum atomic E-state index is 12.4. The number of ether oxygens (including phenoxy) is 2. The number of aliphatic hydroxyl groups excluding tert-OH is 1. The molecule has 53 heavy (non-hydrogen) atoms. The van der Waals surface area contributed by atoms with E-state index >= 15 is 0 Å². The summed E-state index contributed by atoms with van der Waals surface area (Å²) < 4.78 is 26.3. The van der Waals surface area contributed by atoms with Gasteiger partial charge in [-0.1, -0.05) is 171 Å². The standard InChI is InChI=1S/C43H75O9P/c1-4-5-33-40(44)34-29-25-21-17-13-10-11-15-19-23-27-31-36-43(46)52-41(38-51-53(47,48)49)37-50-42(45)35-30-26-22-18-14-9-7-6-8-12-16-20-24-28-32-39(2)3/h5,10-11,17,19,21,23,25,29,33,39-41,44H,4,6-9,12-16,18,20,22,24,26-28,30-32,34-38H2,1-3H3,(H2,47,48,49)/b11-10-,21-17-,23-19-,29-25+,33-5-/t40?,41-/m1/s1. The summed E-state index contributed by atoms with van der Waals surface area (Å²) in [4.78, 5) is 42.8. The second-order valence-electron chi connectivity index (χ2n) is 14.3. The van der Waals surface area contributed by atoms with Gasteiger partial charge in [-0.05, 0) is 50.9 Å². The highest BCUT2D eigenvalue weighted by Gasteiger charge is 2.22. The molecule has 0 aliphatic rings. The van der Waals surface area contributed by atoms with Gasteiger partial charge >= 0.3 is 19.8 Å². The van der Waals surface area contributed by atoms with Gasteiger partial charge in [-0.2, -0.15) is 0 Å². The van der Waals surface area contributed by atoms with Crippen LogP contribution in [0.5, 0.6) is 0 Å². The molecule has 10 heteroatoms. The minimum atomic E-state index is -4.78. The molecular weight excluding hydrogens is 691 g/mol. The van der Waals surface area contributed by atoms with Crippen molar-refractivity contribution >= 4 is 19.8 Å². The van der Waals surface area contributed by atoms with Gasteiger partial charge in [-0.3, -0.25) is 14.1 Å². The lowest BCUT2D eigenvalue weighted by atomic mass is 10.0. The number of hydrogen-bond acceptors (Lipinski definition) is 7. The van der Waals surface area contributed by atoms with Crippen molar-refractivity contribution in [1.82, 2.24) is 0 Å². The molecule has 0 aliphatic carbocycles. The maximum Gasteiger partial charge on any atom is 0.469 e. The first kappa shape index (κ1) is 50.7. The summed E-state index contributed by atoms with van der Waals surface area (Å²) in [6.45, 7) is 5.74. The summed E-state index contributed by atoms with van der Waals surface area (Å²) in [7, 11) is -4.78. The van der Waals surface area contributed by atoms with Crippen LogP contribution in [-0.4, -0.2) is 52.3 Å². The Kier molecular flexibility index (Phi) is 35.1. The number of esters is 2. The van der Waals surface area contributed by atoms with Gasteiger partial charge in [-0.25, -0.2) is 4.57 Å². The first-order valence-electron chi connectivity index (χ1n) is 20.5. The van der Waals surface area contributed by atoms with Gasteiger partial charge in [0.25, 0.3) is 0 Å². The zero-order valence-electron chi connectivity index (χ0n) is 33.4. The zero-order valence-corrected chi connectivity index (χ0v) is 34.3. The number of carbonyl (C=O) groups excluding carboxylic acids is 2. The summed E-state index contributed by atoms with van der Waals surface area (Å²) in [5.41, 5.74) is 0. The Hall–Kier alpha value is -2.29. The SMILES string of the molecule is CC/C=C\C(O)C/C=C/C=C\C/C=C\C/C=C\CCCC(=O)O[C@H](COC(=O)CCCCCCCCCCCCCCCCC(C)C)COP(=O)(O)O. The van der Waals surface area contributed by atoms with Crippen LogP contribution in [0.1, 0.15) is 168 Å². The van der Waals surface area contributed by atoms with Gasteiger partial charge in [0.15, 0.2) is 6.10 Å². The van der Waals surface area contributed by atoms with Crippen molar-refractivity contribution in [2.45, 2.75) is 181 Å². The smallest absolute Gasteiger partial charge is 0.462 e. The Morgan fingerprint density at radius 1 is 0.642 bits per heavy atom. The number of unbranched alkanes of at least 4 members (excludes halogenated alkanes) is 14. The van der Waals surface area contributed by atoms with Crippen LogP contribution in [-0.2, 0) is 28.2 Å². The van der Waals surface area contributed by atoms with E-state index in [9.17, 15) is 19.3 Å². The molecule has 0 radical (unpaired) electrons. The van der Waals surface area contributed by atoms with E-state index in [-0.39, 0.29) is 19.4 Å². The van der Waals surface area contributed by atoms with E-state index in [1.54, 1.807) is 0 Å². The summed E-state index contributed by atoms with van der Waals surface area (Å²) in [5, 5.41) is 9.74. The number of allylic oxidation sites excluding steroid dienone is 8. The number of phosphoric acid groups is 1. The fourth-order valence-corrected chi connectivity index (χ4v) is 5.86. The molecule has 0 bridgehead atoms. The molecule has 1 unspecified atom stereocenters. The Bertz CT molecular complexity index is 1070. The molecule has 9 nitrogen and oxygen atoms in total. The van der Waals surface area contributed by atoms with Crippen molar-refractivity contribution in [3.05, 3.63) is 60.8 Å². The van der Waals surface area contributed by atoms with Crippen LogP contribution < -0.4 is 0 Å². The van der Waals surface area contributed by atoms with Gasteiger partial charge < -0.3 is 24.4 Å². The van der Waals surface area contributed by atoms with E-state index in [4.69, 9.17) is 19.3 Å².